The zero-order valence-electron chi connectivity index (χ0n) is 13.2. The maximum Gasteiger partial charge on any atom is 0.331 e. The molecule has 1 N–H and O–H groups in total. The number of rotatable bonds is 3. The van der Waals surface area contributed by atoms with Crippen molar-refractivity contribution in [2.24, 2.45) is 5.41 Å². The first-order valence-electron chi connectivity index (χ1n) is 7.22. The lowest BCUT2D eigenvalue weighted by atomic mass is 9.77. The Morgan fingerprint density at radius 3 is 2.16 bits per heavy atom. The summed E-state index contributed by atoms with van der Waals surface area (Å²) < 4.78 is 6.23. The molecule has 0 aromatic rings. The van der Waals surface area contributed by atoms with Crippen LogP contribution in [0.4, 0.5) is 0 Å². The van der Waals surface area contributed by atoms with Crippen LogP contribution in [0.1, 0.15) is 47.0 Å². The number of ether oxygens (including phenoxy) is 1. The number of carbonyl (C=O) groups is 1. The Hall–Kier alpha value is -0.613. The normalized spacial score (nSPS) is 26.3. The molecule has 1 aliphatic heterocycles. The van der Waals surface area contributed by atoms with E-state index in [4.69, 9.17) is 4.74 Å². The van der Waals surface area contributed by atoms with Crippen LogP contribution in [0.2, 0.25) is 13.1 Å². The summed E-state index contributed by atoms with van der Waals surface area (Å²) in [5.41, 5.74) is 1.33. The fourth-order valence-corrected chi connectivity index (χ4v) is 5.84. The molecule has 0 bridgehead atoms. The Kier molecular flexibility index (Phi) is 5.01. The Labute approximate surface area is 118 Å². The summed E-state index contributed by atoms with van der Waals surface area (Å²) in [5, 5.41) is 9.17. The minimum atomic E-state index is -1.19. The molecule has 0 amide bonds. The molecule has 3 nitrogen and oxygen atoms in total. The number of hydrogen-bond acceptors (Lipinski definition) is 2. The number of carboxylic acids is 1. The lowest BCUT2D eigenvalue weighted by Gasteiger charge is -2.47. The van der Waals surface area contributed by atoms with Crippen molar-refractivity contribution < 1.29 is 14.6 Å². The molecule has 0 aromatic carbocycles. The van der Waals surface area contributed by atoms with Gasteiger partial charge in [-0.2, -0.15) is 0 Å². The van der Waals surface area contributed by atoms with Crippen molar-refractivity contribution >= 4 is 14.8 Å². The van der Waals surface area contributed by atoms with Gasteiger partial charge < -0.3 is 9.84 Å². The van der Waals surface area contributed by atoms with E-state index in [1.807, 2.05) is 0 Å². The second-order valence-electron chi connectivity index (χ2n) is 6.90. The van der Waals surface area contributed by atoms with Crippen LogP contribution in [-0.4, -0.2) is 31.7 Å². The van der Waals surface area contributed by atoms with Crippen LogP contribution in [0.5, 0.6) is 0 Å². The first-order chi connectivity index (χ1) is 8.63. The van der Waals surface area contributed by atoms with Crippen LogP contribution in [0.3, 0.4) is 0 Å². The Bertz CT molecular complexity index is 371. The quantitative estimate of drug-likeness (QED) is 0.638. The van der Waals surface area contributed by atoms with Crippen molar-refractivity contribution in [1.82, 2.24) is 0 Å². The third-order valence-electron chi connectivity index (χ3n) is 4.10. The van der Waals surface area contributed by atoms with Crippen molar-refractivity contribution in [2.75, 3.05) is 6.61 Å². The average Bonchev–Trinajstić information content (AvgIpc) is 2.28. The topological polar surface area (TPSA) is 46.5 Å². The lowest BCUT2D eigenvalue weighted by Crippen LogP contribution is -2.52. The molecule has 19 heavy (non-hydrogen) atoms. The van der Waals surface area contributed by atoms with Crippen LogP contribution < -0.4 is 0 Å². The van der Waals surface area contributed by atoms with Crippen molar-refractivity contribution in [3.05, 3.63) is 11.1 Å². The van der Waals surface area contributed by atoms with E-state index in [1.54, 1.807) is 6.92 Å². The van der Waals surface area contributed by atoms with Gasteiger partial charge in [-0.25, -0.2) is 4.79 Å². The van der Waals surface area contributed by atoms with Crippen molar-refractivity contribution in [1.29, 1.82) is 0 Å². The van der Waals surface area contributed by atoms with Crippen LogP contribution >= 0.6 is 0 Å². The summed E-state index contributed by atoms with van der Waals surface area (Å²) in [5.74, 6) is -0.812. The number of hydrogen-bond donors (Lipinski definition) is 1. The van der Waals surface area contributed by atoms with E-state index in [0.717, 1.165) is 31.4 Å². The molecule has 1 heterocycles. The van der Waals surface area contributed by atoms with Gasteiger partial charge in [0.1, 0.15) is 0 Å². The first-order valence-corrected chi connectivity index (χ1v) is 10.1. The Morgan fingerprint density at radius 2 is 1.84 bits per heavy atom. The van der Waals surface area contributed by atoms with Gasteiger partial charge in [0.05, 0.1) is 14.0 Å². The summed E-state index contributed by atoms with van der Waals surface area (Å²) in [6, 6.07) is 0. The van der Waals surface area contributed by atoms with E-state index < -0.39 is 14.8 Å². The molecule has 110 valence electrons. The number of aliphatic carboxylic acids is 1. The third-order valence-corrected chi connectivity index (χ3v) is 6.71. The molecule has 0 spiro atoms. The molecule has 1 fully saturated rings. The van der Waals surface area contributed by atoms with E-state index in [-0.39, 0.29) is 10.6 Å². The van der Waals surface area contributed by atoms with Gasteiger partial charge in [-0.3, -0.25) is 0 Å². The predicted octanol–water partition coefficient (Wildman–Crippen LogP) is 3.40. The van der Waals surface area contributed by atoms with Crippen LogP contribution in [0.15, 0.2) is 11.1 Å². The van der Waals surface area contributed by atoms with Gasteiger partial charge in [-0.15, -0.1) is 0 Å². The van der Waals surface area contributed by atoms with Crippen molar-refractivity contribution in [3.63, 3.8) is 0 Å². The average molecular weight is 284 g/mol. The highest BCUT2D eigenvalue weighted by molar-refractivity contribution is 6.60. The molecule has 0 radical (unpaired) electrons. The van der Waals surface area contributed by atoms with Gasteiger partial charge in [0.2, 0.25) is 0 Å². The SMILES string of the molecule is CC(C(=O)O)=C(C(C)(C)C)C1([SiH](C)C)CCCCO1. The molecule has 1 aliphatic rings. The molecule has 0 aliphatic carbocycles. The van der Waals surface area contributed by atoms with Gasteiger partial charge in [-0.1, -0.05) is 33.9 Å². The summed E-state index contributed by atoms with van der Waals surface area (Å²) in [7, 11) is -1.19. The van der Waals surface area contributed by atoms with Gasteiger partial charge in [0, 0.05) is 12.2 Å². The van der Waals surface area contributed by atoms with Gasteiger partial charge in [0.25, 0.3) is 0 Å². The standard InChI is InChI=1S/C15H28O3Si/c1-11(13(16)17)12(14(2,3)4)15(19(5)6)9-7-8-10-18-15/h19H,7-10H2,1-6H3,(H,16,17). The third kappa shape index (κ3) is 3.29. The molecule has 4 heteroatoms. The molecule has 1 unspecified atom stereocenters. The second-order valence-corrected chi connectivity index (χ2v) is 10.1. The number of carboxylic acid groups (broad SMARTS) is 1. The monoisotopic (exact) mass is 284 g/mol. The molecule has 0 saturated carbocycles. The molecule has 1 saturated heterocycles. The van der Waals surface area contributed by atoms with Crippen molar-refractivity contribution in [2.45, 2.75) is 65.3 Å². The van der Waals surface area contributed by atoms with E-state index in [9.17, 15) is 9.90 Å². The summed E-state index contributed by atoms with van der Waals surface area (Å²) in [4.78, 5) is 11.5. The molecule has 0 aromatic heterocycles. The smallest absolute Gasteiger partial charge is 0.331 e. The van der Waals surface area contributed by atoms with E-state index >= 15 is 0 Å². The molecule has 1 atom stereocenters. The van der Waals surface area contributed by atoms with Gasteiger partial charge in [-0.05, 0) is 37.2 Å². The van der Waals surface area contributed by atoms with E-state index in [1.165, 1.54) is 0 Å². The minimum absolute atomic E-state index is 0.170. The first kappa shape index (κ1) is 16.4. The fourth-order valence-electron chi connectivity index (χ4n) is 3.38. The summed E-state index contributed by atoms with van der Waals surface area (Å²) >= 11 is 0. The molecular weight excluding hydrogens is 256 g/mol. The zero-order chi connectivity index (χ0) is 14.8. The largest absolute Gasteiger partial charge is 0.478 e. The van der Waals surface area contributed by atoms with Crippen LogP contribution in [0, 0.1) is 5.41 Å². The molecular formula is C15H28O3Si. The summed E-state index contributed by atoms with van der Waals surface area (Å²) in [6.45, 7) is 13.3. The second kappa shape index (κ2) is 5.79. The zero-order valence-corrected chi connectivity index (χ0v) is 14.3. The Balaban J connectivity index is 3.44. The predicted molar refractivity (Wildman–Crippen MR) is 81.2 cm³/mol. The van der Waals surface area contributed by atoms with Gasteiger partial charge in [0.15, 0.2) is 0 Å². The van der Waals surface area contributed by atoms with Crippen LogP contribution in [-0.2, 0) is 9.53 Å². The Morgan fingerprint density at radius 1 is 1.26 bits per heavy atom. The highest BCUT2D eigenvalue weighted by Crippen LogP contribution is 2.44. The maximum atomic E-state index is 11.5. The summed E-state index contributed by atoms with van der Waals surface area (Å²) in [6.07, 6.45) is 3.21. The van der Waals surface area contributed by atoms with E-state index in [2.05, 4.69) is 33.9 Å². The molecule has 1 rings (SSSR count). The fraction of sp³-hybridized carbons (Fsp3) is 0.800. The van der Waals surface area contributed by atoms with Crippen molar-refractivity contribution in [3.8, 4) is 0 Å². The minimum Gasteiger partial charge on any atom is -0.478 e. The highest BCUT2D eigenvalue weighted by atomic mass is 28.3. The van der Waals surface area contributed by atoms with E-state index in [0.29, 0.717) is 5.57 Å². The lowest BCUT2D eigenvalue weighted by molar-refractivity contribution is -0.133. The van der Waals surface area contributed by atoms with Gasteiger partial charge >= 0.3 is 5.97 Å². The van der Waals surface area contributed by atoms with Crippen LogP contribution in [0.25, 0.3) is 0 Å². The maximum absolute atomic E-state index is 11.5. The highest BCUT2D eigenvalue weighted by Gasteiger charge is 2.46.